The van der Waals surface area contributed by atoms with Crippen LogP contribution in [-0.4, -0.2) is 30.9 Å². The number of rotatable bonds is 7. The zero-order valence-electron chi connectivity index (χ0n) is 19.1. The van der Waals surface area contributed by atoms with Crippen molar-refractivity contribution in [3.8, 4) is 11.5 Å². The highest BCUT2D eigenvalue weighted by Crippen LogP contribution is 2.31. The first-order valence-electron chi connectivity index (χ1n) is 11.1. The fourth-order valence-corrected chi connectivity index (χ4v) is 4.00. The molecule has 1 atom stereocenters. The second kappa shape index (κ2) is 10.2. The number of nitrogens with one attached hydrogen (secondary N) is 1. The highest BCUT2D eigenvalue weighted by molar-refractivity contribution is 6.01. The molecule has 0 radical (unpaired) electrons. The molecule has 174 valence electrons. The number of anilines is 2. The molecule has 1 aliphatic rings. The van der Waals surface area contributed by atoms with E-state index in [0.29, 0.717) is 17.2 Å². The molecule has 1 fully saturated rings. The standard InChI is InChI=1S/C27H26N2O5/c1-18-7-6-8-19(2)26(18)29-16-20(15-25(29)31)27(32)33-17-24(30)28-21-11-13-23(14-12-21)34-22-9-4-3-5-10-22/h3-14,20H,15-17H2,1-2H3,(H,28,30)/t20-/m1/s1. The fraction of sp³-hybridized carbons (Fsp3) is 0.222. The van der Waals surface area contributed by atoms with Crippen LogP contribution in [0.3, 0.4) is 0 Å². The van der Waals surface area contributed by atoms with Crippen LogP contribution < -0.4 is 15.0 Å². The summed E-state index contributed by atoms with van der Waals surface area (Å²) in [4.78, 5) is 38.9. The molecule has 1 N–H and O–H groups in total. The molecular weight excluding hydrogens is 432 g/mol. The van der Waals surface area contributed by atoms with Gasteiger partial charge < -0.3 is 19.7 Å². The number of ether oxygens (including phenoxy) is 2. The van der Waals surface area contributed by atoms with Crippen LogP contribution in [0.2, 0.25) is 0 Å². The lowest BCUT2D eigenvalue weighted by atomic mass is 10.1. The van der Waals surface area contributed by atoms with Gasteiger partial charge in [-0.3, -0.25) is 14.4 Å². The maximum atomic E-state index is 12.5. The lowest BCUT2D eigenvalue weighted by Gasteiger charge is -2.21. The van der Waals surface area contributed by atoms with Crippen molar-refractivity contribution >= 4 is 29.2 Å². The molecule has 1 heterocycles. The molecule has 3 aromatic rings. The first-order valence-corrected chi connectivity index (χ1v) is 11.1. The Labute approximate surface area is 198 Å². The number of para-hydroxylation sites is 2. The Hall–Kier alpha value is -4.13. The van der Waals surface area contributed by atoms with Crippen molar-refractivity contribution in [2.75, 3.05) is 23.4 Å². The molecule has 0 aliphatic carbocycles. The molecule has 0 saturated carbocycles. The van der Waals surface area contributed by atoms with Crippen LogP contribution in [0.4, 0.5) is 11.4 Å². The Kier molecular flexibility index (Phi) is 6.92. The molecule has 1 saturated heterocycles. The summed E-state index contributed by atoms with van der Waals surface area (Å²) in [7, 11) is 0. The van der Waals surface area contributed by atoms with Crippen LogP contribution in [0.25, 0.3) is 0 Å². The average Bonchev–Trinajstić information content (AvgIpc) is 3.20. The van der Waals surface area contributed by atoms with Gasteiger partial charge in [-0.15, -0.1) is 0 Å². The zero-order valence-corrected chi connectivity index (χ0v) is 19.1. The minimum atomic E-state index is -0.603. The molecule has 34 heavy (non-hydrogen) atoms. The van der Waals surface area contributed by atoms with Crippen LogP contribution in [0, 0.1) is 19.8 Å². The summed E-state index contributed by atoms with van der Waals surface area (Å²) < 4.78 is 10.9. The van der Waals surface area contributed by atoms with Gasteiger partial charge in [0, 0.05) is 24.3 Å². The van der Waals surface area contributed by atoms with Gasteiger partial charge in [-0.2, -0.15) is 0 Å². The van der Waals surface area contributed by atoms with Gasteiger partial charge in [0.1, 0.15) is 11.5 Å². The molecule has 2 amide bonds. The second-order valence-corrected chi connectivity index (χ2v) is 8.24. The zero-order chi connectivity index (χ0) is 24.1. The fourth-order valence-electron chi connectivity index (χ4n) is 4.00. The Morgan fingerprint density at radius 2 is 1.56 bits per heavy atom. The Morgan fingerprint density at radius 3 is 2.24 bits per heavy atom. The van der Waals surface area contributed by atoms with E-state index in [1.54, 1.807) is 29.2 Å². The first kappa shape index (κ1) is 23.0. The molecule has 7 nitrogen and oxygen atoms in total. The number of aryl methyl sites for hydroxylation is 2. The van der Waals surface area contributed by atoms with Gasteiger partial charge in [0.05, 0.1) is 5.92 Å². The summed E-state index contributed by atoms with van der Waals surface area (Å²) in [5, 5.41) is 2.69. The molecule has 0 unspecified atom stereocenters. The molecule has 3 aromatic carbocycles. The van der Waals surface area contributed by atoms with Gasteiger partial charge in [0.15, 0.2) is 6.61 Å². The van der Waals surface area contributed by atoms with E-state index in [9.17, 15) is 14.4 Å². The summed E-state index contributed by atoms with van der Waals surface area (Å²) >= 11 is 0. The Balaban J connectivity index is 1.27. The van der Waals surface area contributed by atoms with E-state index >= 15 is 0 Å². The van der Waals surface area contributed by atoms with Crippen LogP contribution in [-0.2, 0) is 19.1 Å². The van der Waals surface area contributed by atoms with Crippen LogP contribution in [0.5, 0.6) is 11.5 Å². The van der Waals surface area contributed by atoms with Crippen LogP contribution >= 0.6 is 0 Å². The van der Waals surface area contributed by atoms with Crippen LogP contribution in [0.15, 0.2) is 72.8 Å². The maximum absolute atomic E-state index is 12.5. The summed E-state index contributed by atoms with van der Waals surface area (Å²) in [6, 6.07) is 22.1. The third-order valence-corrected chi connectivity index (χ3v) is 5.63. The molecular formula is C27H26N2O5. The van der Waals surface area contributed by atoms with Crippen molar-refractivity contribution in [3.63, 3.8) is 0 Å². The van der Waals surface area contributed by atoms with Crippen LogP contribution in [0.1, 0.15) is 17.5 Å². The molecule has 0 bridgehead atoms. The lowest BCUT2D eigenvalue weighted by molar-refractivity contribution is -0.151. The van der Waals surface area contributed by atoms with E-state index in [-0.39, 0.29) is 18.9 Å². The summed E-state index contributed by atoms with van der Waals surface area (Å²) in [6.07, 6.45) is 0.0666. The second-order valence-electron chi connectivity index (χ2n) is 8.24. The van der Waals surface area contributed by atoms with Crippen molar-refractivity contribution in [1.29, 1.82) is 0 Å². The largest absolute Gasteiger partial charge is 0.457 e. The van der Waals surface area contributed by atoms with E-state index in [1.807, 2.05) is 62.4 Å². The van der Waals surface area contributed by atoms with Gasteiger partial charge in [0.2, 0.25) is 5.91 Å². The van der Waals surface area contributed by atoms with Gasteiger partial charge in [-0.1, -0.05) is 36.4 Å². The summed E-state index contributed by atoms with van der Waals surface area (Å²) in [6.45, 7) is 3.70. The van der Waals surface area contributed by atoms with Crippen molar-refractivity contribution in [1.82, 2.24) is 0 Å². The predicted molar refractivity (Wildman–Crippen MR) is 129 cm³/mol. The molecule has 1 aliphatic heterocycles. The van der Waals surface area contributed by atoms with Crippen molar-refractivity contribution in [3.05, 3.63) is 83.9 Å². The number of benzene rings is 3. The quantitative estimate of drug-likeness (QED) is 0.522. The SMILES string of the molecule is Cc1cccc(C)c1N1C[C@H](C(=O)OCC(=O)Nc2ccc(Oc3ccccc3)cc2)CC1=O. The highest BCUT2D eigenvalue weighted by atomic mass is 16.5. The smallest absolute Gasteiger partial charge is 0.311 e. The number of hydrogen-bond acceptors (Lipinski definition) is 5. The predicted octanol–water partition coefficient (Wildman–Crippen LogP) is 4.63. The van der Waals surface area contributed by atoms with Gasteiger partial charge in [-0.25, -0.2) is 0 Å². The highest BCUT2D eigenvalue weighted by Gasteiger charge is 2.37. The van der Waals surface area contributed by atoms with Gasteiger partial charge in [0.25, 0.3) is 5.91 Å². The number of hydrogen-bond donors (Lipinski definition) is 1. The molecule has 0 aromatic heterocycles. The first-order chi connectivity index (χ1) is 16.4. The van der Waals surface area contributed by atoms with Crippen molar-refractivity contribution < 1.29 is 23.9 Å². The minimum Gasteiger partial charge on any atom is -0.457 e. The van der Waals surface area contributed by atoms with Gasteiger partial charge >= 0.3 is 5.97 Å². The number of nitrogens with zero attached hydrogens (tertiary/aromatic N) is 1. The normalized spacial score (nSPS) is 15.2. The number of carbonyl (C=O) groups is 3. The monoisotopic (exact) mass is 458 g/mol. The third-order valence-electron chi connectivity index (χ3n) is 5.63. The summed E-state index contributed by atoms with van der Waals surface area (Å²) in [5.74, 6) is -0.386. The molecule has 4 rings (SSSR count). The topological polar surface area (TPSA) is 84.9 Å². The van der Waals surface area contributed by atoms with Gasteiger partial charge in [-0.05, 0) is 61.4 Å². The summed E-state index contributed by atoms with van der Waals surface area (Å²) in [5.41, 5.74) is 3.34. The number of amides is 2. The number of carbonyl (C=O) groups excluding carboxylic acids is 3. The Bertz CT molecular complexity index is 1170. The minimum absolute atomic E-state index is 0.0666. The maximum Gasteiger partial charge on any atom is 0.311 e. The van der Waals surface area contributed by atoms with Crippen molar-refractivity contribution in [2.45, 2.75) is 20.3 Å². The number of esters is 1. The van der Waals surface area contributed by atoms with E-state index < -0.39 is 24.4 Å². The van der Waals surface area contributed by atoms with Crippen molar-refractivity contribution in [2.24, 2.45) is 5.92 Å². The lowest BCUT2D eigenvalue weighted by Crippen LogP contribution is -2.29. The average molecular weight is 459 g/mol. The molecule has 0 spiro atoms. The van der Waals surface area contributed by atoms with E-state index in [4.69, 9.17) is 9.47 Å². The van der Waals surface area contributed by atoms with E-state index in [0.717, 1.165) is 16.8 Å². The molecule has 7 heteroatoms. The third kappa shape index (κ3) is 5.43. The van der Waals surface area contributed by atoms with E-state index in [1.165, 1.54) is 0 Å². The van der Waals surface area contributed by atoms with E-state index in [2.05, 4.69) is 5.32 Å². The Morgan fingerprint density at radius 1 is 0.912 bits per heavy atom.